The second-order valence-corrected chi connectivity index (χ2v) is 4.83. The van der Waals surface area contributed by atoms with E-state index < -0.39 is 0 Å². The minimum absolute atomic E-state index is 0.0600. The van der Waals surface area contributed by atoms with Gasteiger partial charge in [0.05, 0.1) is 0 Å². The Morgan fingerprint density at radius 3 is 2.00 bits per heavy atom. The average Bonchev–Trinajstić information content (AvgIpc) is 2.03. The van der Waals surface area contributed by atoms with E-state index >= 15 is 0 Å². The molecule has 2 heteroatoms. The Bertz CT molecular complexity index is 271. The molecule has 1 nitrogen and oxygen atoms in total. The number of halogens is 1. The maximum atomic E-state index is 6.08. The van der Waals surface area contributed by atoms with Crippen molar-refractivity contribution < 1.29 is 0 Å². The molecule has 2 N–H and O–H groups in total. The lowest BCUT2D eigenvalue weighted by Crippen LogP contribution is -2.26. The molecule has 0 radical (unpaired) electrons. The van der Waals surface area contributed by atoms with Crippen LogP contribution in [0.15, 0.2) is 24.3 Å². The molecule has 1 aromatic rings. The third kappa shape index (κ3) is 2.71. The van der Waals surface area contributed by atoms with Gasteiger partial charge in [0, 0.05) is 11.1 Å². The zero-order valence-electron chi connectivity index (χ0n) is 8.34. The lowest BCUT2D eigenvalue weighted by Gasteiger charge is -2.27. The van der Waals surface area contributed by atoms with Gasteiger partial charge in [-0.15, -0.1) is 0 Å². The van der Waals surface area contributed by atoms with Crippen LogP contribution in [0.1, 0.15) is 32.4 Å². The molecule has 0 amide bonds. The van der Waals surface area contributed by atoms with Crippen LogP contribution in [0.25, 0.3) is 0 Å². The third-order valence-electron chi connectivity index (χ3n) is 2.16. The van der Waals surface area contributed by atoms with Gasteiger partial charge in [0.25, 0.3) is 0 Å². The van der Waals surface area contributed by atoms with Crippen LogP contribution < -0.4 is 5.73 Å². The molecule has 72 valence electrons. The Kier molecular flexibility index (Phi) is 2.99. The summed E-state index contributed by atoms with van der Waals surface area (Å²) in [6.07, 6.45) is 0. The van der Waals surface area contributed by atoms with Gasteiger partial charge >= 0.3 is 0 Å². The predicted octanol–water partition coefficient (Wildman–Crippen LogP) is 3.39. The summed E-state index contributed by atoms with van der Waals surface area (Å²) in [6.45, 7) is 6.39. The summed E-state index contributed by atoms with van der Waals surface area (Å²) >= 11 is 5.79. The van der Waals surface area contributed by atoms with Crippen LogP contribution in [0.2, 0.25) is 5.02 Å². The van der Waals surface area contributed by atoms with Gasteiger partial charge in [0.1, 0.15) is 0 Å². The lowest BCUT2D eigenvalue weighted by atomic mass is 9.83. The summed E-state index contributed by atoms with van der Waals surface area (Å²) in [7, 11) is 0. The summed E-state index contributed by atoms with van der Waals surface area (Å²) in [5, 5.41) is 0.754. The molecule has 0 spiro atoms. The predicted molar refractivity (Wildman–Crippen MR) is 57.8 cm³/mol. The summed E-state index contributed by atoms with van der Waals surface area (Å²) in [5.74, 6) is 0. The molecule has 1 unspecified atom stereocenters. The van der Waals surface area contributed by atoms with E-state index in [0.29, 0.717) is 0 Å². The van der Waals surface area contributed by atoms with Crippen LogP contribution in [0.5, 0.6) is 0 Å². The van der Waals surface area contributed by atoms with Crippen molar-refractivity contribution in [3.63, 3.8) is 0 Å². The fourth-order valence-electron chi connectivity index (χ4n) is 1.17. The fraction of sp³-hybridized carbons (Fsp3) is 0.455. The summed E-state index contributed by atoms with van der Waals surface area (Å²) in [6, 6.07) is 7.78. The third-order valence-corrected chi connectivity index (χ3v) is 2.41. The van der Waals surface area contributed by atoms with Crippen molar-refractivity contribution in [2.45, 2.75) is 26.8 Å². The van der Waals surface area contributed by atoms with Crippen LogP contribution in [0, 0.1) is 5.41 Å². The molecule has 1 atom stereocenters. The van der Waals surface area contributed by atoms with Gasteiger partial charge in [0.2, 0.25) is 0 Å². The smallest absolute Gasteiger partial charge is 0.0406 e. The standard InChI is InChI=1S/C11H16ClN/c1-11(2,3)10(13)8-4-6-9(12)7-5-8/h4-7,10H,13H2,1-3H3. The zero-order valence-corrected chi connectivity index (χ0v) is 9.10. The van der Waals surface area contributed by atoms with Crippen LogP contribution in [-0.2, 0) is 0 Å². The molecule has 0 heterocycles. The van der Waals surface area contributed by atoms with Gasteiger partial charge in [-0.25, -0.2) is 0 Å². The second kappa shape index (κ2) is 3.69. The molecule has 0 fully saturated rings. The number of hydrogen-bond donors (Lipinski definition) is 1. The van der Waals surface area contributed by atoms with Gasteiger partial charge in [-0.2, -0.15) is 0 Å². The first-order chi connectivity index (χ1) is 5.91. The Labute approximate surface area is 84.9 Å². The second-order valence-electron chi connectivity index (χ2n) is 4.40. The highest BCUT2D eigenvalue weighted by atomic mass is 35.5. The van der Waals surface area contributed by atoms with Crippen molar-refractivity contribution >= 4 is 11.6 Å². The van der Waals surface area contributed by atoms with Crippen molar-refractivity contribution in [1.29, 1.82) is 0 Å². The molecule has 0 aliphatic rings. The van der Waals surface area contributed by atoms with Gasteiger partial charge in [-0.1, -0.05) is 44.5 Å². The maximum Gasteiger partial charge on any atom is 0.0406 e. The SMILES string of the molecule is CC(C)(C)C(N)c1ccc(Cl)cc1. The Morgan fingerprint density at radius 1 is 1.15 bits per heavy atom. The van der Waals surface area contributed by atoms with E-state index in [0.717, 1.165) is 10.6 Å². The first kappa shape index (κ1) is 10.6. The van der Waals surface area contributed by atoms with Crippen LogP contribution in [0.3, 0.4) is 0 Å². The summed E-state index contributed by atoms with van der Waals surface area (Å²) in [4.78, 5) is 0. The van der Waals surface area contributed by atoms with Gasteiger partial charge in [0.15, 0.2) is 0 Å². The van der Waals surface area contributed by atoms with E-state index in [1.54, 1.807) is 0 Å². The van der Waals surface area contributed by atoms with E-state index in [9.17, 15) is 0 Å². The topological polar surface area (TPSA) is 26.0 Å². The maximum absolute atomic E-state index is 6.08. The number of rotatable bonds is 1. The van der Waals surface area contributed by atoms with Crippen molar-refractivity contribution in [3.05, 3.63) is 34.9 Å². The fourth-order valence-corrected chi connectivity index (χ4v) is 1.30. The molecule has 0 aromatic heterocycles. The van der Waals surface area contributed by atoms with E-state index in [2.05, 4.69) is 20.8 Å². The Balaban J connectivity index is 2.90. The van der Waals surface area contributed by atoms with Crippen LogP contribution in [0.4, 0.5) is 0 Å². The molecule has 13 heavy (non-hydrogen) atoms. The largest absolute Gasteiger partial charge is 0.324 e. The number of nitrogens with two attached hydrogens (primary N) is 1. The van der Waals surface area contributed by atoms with E-state index in [1.165, 1.54) is 0 Å². The van der Waals surface area contributed by atoms with Crippen LogP contribution in [-0.4, -0.2) is 0 Å². The molecular weight excluding hydrogens is 182 g/mol. The van der Waals surface area contributed by atoms with Gasteiger partial charge < -0.3 is 5.73 Å². The van der Waals surface area contributed by atoms with E-state index in [1.807, 2.05) is 24.3 Å². The molecule has 1 rings (SSSR count). The first-order valence-electron chi connectivity index (χ1n) is 4.42. The minimum Gasteiger partial charge on any atom is -0.324 e. The lowest BCUT2D eigenvalue weighted by molar-refractivity contribution is 0.327. The highest BCUT2D eigenvalue weighted by Gasteiger charge is 2.21. The van der Waals surface area contributed by atoms with E-state index in [-0.39, 0.29) is 11.5 Å². The quantitative estimate of drug-likeness (QED) is 0.734. The summed E-state index contributed by atoms with van der Waals surface area (Å²) in [5.41, 5.74) is 7.31. The highest BCUT2D eigenvalue weighted by Crippen LogP contribution is 2.30. The first-order valence-corrected chi connectivity index (χ1v) is 4.80. The van der Waals surface area contributed by atoms with Crippen molar-refractivity contribution in [1.82, 2.24) is 0 Å². The summed E-state index contributed by atoms with van der Waals surface area (Å²) < 4.78 is 0. The number of hydrogen-bond acceptors (Lipinski definition) is 1. The van der Waals surface area contributed by atoms with Crippen molar-refractivity contribution in [3.8, 4) is 0 Å². The number of benzene rings is 1. The van der Waals surface area contributed by atoms with Crippen molar-refractivity contribution in [2.75, 3.05) is 0 Å². The van der Waals surface area contributed by atoms with E-state index in [4.69, 9.17) is 17.3 Å². The highest BCUT2D eigenvalue weighted by molar-refractivity contribution is 6.30. The Hall–Kier alpha value is -0.530. The minimum atomic E-state index is 0.0600. The Morgan fingerprint density at radius 2 is 1.62 bits per heavy atom. The van der Waals surface area contributed by atoms with Crippen LogP contribution >= 0.6 is 11.6 Å². The average molecular weight is 198 g/mol. The molecule has 0 bridgehead atoms. The molecule has 0 aliphatic carbocycles. The monoisotopic (exact) mass is 197 g/mol. The molecule has 0 aliphatic heterocycles. The van der Waals surface area contributed by atoms with Crippen molar-refractivity contribution in [2.24, 2.45) is 11.1 Å². The normalized spacial score (nSPS) is 14.2. The zero-order chi connectivity index (χ0) is 10.1. The van der Waals surface area contributed by atoms with Gasteiger partial charge in [-0.05, 0) is 23.1 Å². The van der Waals surface area contributed by atoms with Gasteiger partial charge in [-0.3, -0.25) is 0 Å². The molecular formula is C11H16ClN. The molecule has 1 aromatic carbocycles. The molecule has 0 saturated heterocycles. The molecule has 0 saturated carbocycles.